The van der Waals surface area contributed by atoms with E-state index >= 15 is 0 Å². The zero-order chi connectivity index (χ0) is 12.1. The maximum atomic E-state index is 10.5. The highest BCUT2D eigenvalue weighted by Gasteiger charge is 2.21. The molecule has 90 valence electrons. The monoisotopic (exact) mass is 236 g/mol. The molecule has 0 aliphatic rings. The Bertz CT molecular complexity index is 301. The molecule has 0 aromatic heterocycles. The Kier molecular flexibility index (Phi) is 6.09. The third-order valence-corrected chi connectivity index (χ3v) is 3.04. The van der Waals surface area contributed by atoms with Crippen LogP contribution in [-0.4, -0.2) is 23.5 Å². The number of hydrogen-bond donors (Lipinski definition) is 2. The minimum absolute atomic E-state index is 0.0672. The van der Waals surface area contributed by atoms with Gasteiger partial charge < -0.3 is 5.11 Å². The Hall–Kier alpha value is -0.390. The number of aliphatic hydroxyl groups excluding tert-OH is 1. The molecule has 0 unspecified atom stereocenters. The second-order valence-corrected chi connectivity index (χ2v) is 5.74. The van der Waals surface area contributed by atoms with Gasteiger partial charge in [-0.05, 0) is 39.0 Å². The first-order valence-electron chi connectivity index (χ1n) is 5.01. The van der Waals surface area contributed by atoms with Gasteiger partial charge in [0.05, 0.1) is 0 Å². The summed E-state index contributed by atoms with van der Waals surface area (Å²) >= 11 is 0. The van der Waals surface area contributed by atoms with Gasteiger partial charge in [-0.1, -0.05) is 18.6 Å². The molecule has 2 atom stereocenters. The Morgan fingerprint density at radius 1 is 1.40 bits per heavy atom. The average molecular weight is 236 g/mol. The molecule has 0 aliphatic heterocycles. The number of hydrogen-bond acceptors (Lipinski definition) is 3. The molecule has 0 aromatic carbocycles. The van der Waals surface area contributed by atoms with Crippen LogP contribution in [0.25, 0.3) is 0 Å². The van der Waals surface area contributed by atoms with E-state index in [2.05, 4.69) is 6.08 Å². The van der Waals surface area contributed by atoms with Crippen LogP contribution in [0.5, 0.6) is 0 Å². The van der Waals surface area contributed by atoms with Gasteiger partial charge in [0.2, 0.25) is 0 Å². The lowest BCUT2D eigenvalue weighted by atomic mass is 10.0. The molecule has 4 nitrogen and oxygen atoms in total. The third kappa shape index (κ3) is 7.53. The second kappa shape index (κ2) is 6.25. The standard InChI is InChI=1S/C10H20O4S/c1-8(2)5-4-6-9(3)7-10(11)15(12,13)14/h5,9-11H,4,6-7H2,1-3H3,(H,12,13,14)/t9-,10+/m0/s1. The summed E-state index contributed by atoms with van der Waals surface area (Å²) < 4.78 is 29.6. The summed E-state index contributed by atoms with van der Waals surface area (Å²) in [6.45, 7) is 5.85. The second-order valence-electron chi connectivity index (χ2n) is 4.17. The van der Waals surface area contributed by atoms with Gasteiger partial charge in [-0.2, -0.15) is 8.42 Å². The Balaban J connectivity index is 3.95. The van der Waals surface area contributed by atoms with Crippen LogP contribution < -0.4 is 0 Å². The van der Waals surface area contributed by atoms with Crippen molar-refractivity contribution in [3.8, 4) is 0 Å². The fraction of sp³-hybridized carbons (Fsp3) is 0.800. The molecule has 0 rings (SSSR count). The van der Waals surface area contributed by atoms with E-state index in [0.29, 0.717) is 0 Å². The molecule has 0 aliphatic carbocycles. The first-order chi connectivity index (χ1) is 6.73. The molecule has 2 N–H and O–H groups in total. The molecular weight excluding hydrogens is 216 g/mol. The summed E-state index contributed by atoms with van der Waals surface area (Å²) in [4.78, 5) is 0. The molecule has 0 aromatic rings. The van der Waals surface area contributed by atoms with Crippen LogP contribution in [0.15, 0.2) is 11.6 Å². The zero-order valence-electron chi connectivity index (χ0n) is 9.47. The van der Waals surface area contributed by atoms with E-state index in [1.165, 1.54) is 5.57 Å². The third-order valence-electron chi connectivity index (χ3n) is 2.16. The Morgan fingerprint density at radius 3 is 2.33 bits per heavy atom. The summed E-state index contributed by atoms with van der Waals surface area (Å²) in [5.41, 5.74) is -0.434. The maximum absolute atomic E-state index is 10.5. The van der Waals surface area contributed by atoms with Crippen LogP contribution >= 0.6 is 0 Å². The summed E-state index contributed by atoms with van der Waals surface area (Å²) in [5.74, 6) is 0.0672. The van der Waals surface area contributed by atoms with Crippen molar-refractivity contribution in [3.63, 3.8) is 0 Å². The van der Waals surface area contributed by atoms with Crippen molar-refractivity contribution in [1.82, 2.24) is 0 Å². The van der Waals surface area contributed by atoms with Crippen LogP contribution in [0.1, 0.15) is 40.0 Å². The summed E-state index contributed by atoms with van der Waals surface area (Å²) in [6.07, 6.45) is 3.81. The maximum Gasteiger partial charge on any atom is 0.291 e. The lowest BCUT2D eigenvalue weighted by Gasteiger charge is -2.13. The van der Waals surface area contributed by atoms with Crippen LogP contribution in [0.4, 0.5) is 0 Å². The molecule has 0 radical (unpaired) electrons. The molecule has 0 bridgehead atoms. The van der Waals surface area contributed by atoms with Gasteiger partial charge >= 0.3 is 0 Å². The summed E-state index contributed by atoms with van der Waals surface area (Å²) in [6, 6.07) is 0. The van der Waals surface area contributed by atoms with Gasteiger partial charge in [0.25, 0.3) is 10.1 Å². The van der Waals surface area contributed by atoms with Gasteiger partial charge in [-0.15, -0.1) is 0 Å². The van der Waals surface area contributed by atoms with E-state index in [9.17, 15) is 8.42 Å². The lowest BCUT2D eigenvalue weighted by Crippen LogP contribution is -2.22. The van der Waals surface area contributed by atoms with Crippen molar-refractivity contribution >= 4 is 10.1 Å². The molecule has 0 spiro atoms. The lowest BCUT2D eigenvalue weighted by molar-refractivity contribution is 0.200. The highest BCUT2D eigenvalue weighted by molar-refractivity contribution is 7.86. The number of allylic oxidation sites excluding steroid dienone is 2. The van der Waals surface area contributed by atoms with Crippen LogP contribution in [0, 0.1) is 5.92 Å². The largest absolute Gasteiger partial charge is 0.375 e. The van der Waals surface area contributed by atoms with Gasteiger partial charge in [-0.3, -0.25) is 4.55 Å². The quantitative estimate of drug-likeness (QED) is 0.546. The van der Waals surface area contributed by atoms with E-state index < -0.39 is 15.6 Å². The topological polar surface area (TPSA) is 74.6 Å². The fourth-order valence-corrected chi connectivity index (χ4v) is 1.81. The normalized spacial score (nSPS) is 15.8. The first kappa shape index (κ1) is 14.6. The van der Waals surface area contributed by atoms with Crippen molar-refractivity contribution in [2.24, 2.45) is 5.92 Å². The van der Waals surface area contributed by atoms with Gasteiger partial charge in [0.1, 0.15) is 0 Å². The van der Waals surface area contributed by atoms with E-state index in [4.69, 9.17) is 9.66 Å². The molecule has 0 fully saturated rings. The Morgan fingerprint density at radius 2 is 1.93 bits per heavy atom. The van der Waals surface area contributed by atoms with Gasteiger partial charge in [0.15, 0.2) is 5.44 Å². The van der Waals surface area contributed by atoms with Crippen LogP contribution in [0.3, 0.4) is 0 Å². The number of aliphatic hydroxyl groups is 1. The smallest absolute Gasteiger partial charge is 0.291 e. The van der Waals surface area contributed by atoms with Crippen molar-refractivity contribution in [1.29, 1.82) is 0 Å². The molecule has 0 amide bonds. The SMILES string of the molecule is CC(C)=CCC[C@H](C)C[C@H](O)S(=O)(=O)O. The van der Waals surface area contributed by atoms with Gasteiger partial charge in [-0.25, -0.2) is 0 Å². The van der Waals surface area contributed by atoms with Crippen molar-refractivity contribution in [3.05, 3.63) is 11.6 Å². The fourth-order valence-electron chi connectivity index (χ4n) is 1.24. The van der Waals surface area contributed by atoms with E-state index in [1.807, 2.05) is 20.8 Å². The van der Waals surface area contributed by atoms with Crippen LogP contribution in [-0.2, 0) is 10.1 Å². The highest BCUT2D eigenvalue weighted by Crippen LogP contribution is 2.16. The number of rotatable bonds is 6. The molecular formula is C10H20O4S. The van der Waals surface area contributed by atoms with Crippen molar-refractivity contribution in [2.45, 2.75) is 45.5 Å². The molecule has 0 saturated carbocycles. The summed E-state index contributed by atoms with van der Waals surface area (Å²) in [5, 5.41) is 9.11. The van der Waals surface area contributed by atoms with Crippen LogP contribution in [0.2, 0.25) is 0 Å². The van der Waals surface area contributed by atoms with E-state index in [0.717, 1.165) is 12.8 Å². The van der Waals surface area contributed by atoms with E-state index in [-0.39, 0.29) is 12.3 Å². The Labute approximate surface area is 91.8 Å². The first-order valence-corrected chi connectivity index (χ1v) is 6.51. The molecule has 0 saturated heterocycles. The van der Waals surface area contributed by atoms with Gasteiger partial charge in [0, 0.05) is 0 Å². The average Bonchev–Trinajstić information content (AvgIpc) is 2.01. The predicted molar refractivity (Wildman–Crippen MR) is 60.0 cm³/mol. The summed E-state index contributed by atoms with van der Waals surface area (Å²) in [7, 11) is -4.30. The zero-order valence-corrected chi connectivity index (χ0v) is 10.3. The minimum Gasteiger partial charge on any atom is -0.375 e. The molecule has 15 heavy (non-hydrogen) atoms. The van der Waals surface area contributed by atoms with Crippen molar-refractivity contribution < 1.29 is 18.1 Å². The van der Waals surface area contributed by atoms with Crippen molar-refractivity contribution in [2.75, 3.05) is 0 Å². The molecule has 0 heterocycles. The predicted octanol–water partition coefficient (Wildman–Crippen LogP) is 1.97. The minimum atomic E-state index is -4.30. The molecule has 5 heteroatoms. The highest BCUT2D eigenvalue weighted by atomic mass is 32.2. The van der Waals surface area contributed by atoms with E-state index in [1.54, 1.807) is 0 Å².